The molecule has 3 rings (SSSR count). The molecule has 14 nitrogen and oxygen atoms in total. The van der Waals surface area contributed by atoms with Crippen LogP contribution in [0, 0.1) is 23.7 Å². The van der Waals surface area contributed by atoms with Gasteiger partial charge in [0.2, 0.25) is 0 Å². The Bertz CT molecular complexity index is 1200. The second-order valence-corrected chi connectivity index (χ2v) is 15.2. The molecule has 0 amide bonds. The first-order valence-electron chi connectivity index (χ1n) is 18.6. The molecule has 3 aliphatic rings. The quantitative estimate of drug-likeness (QED) is 0.252. The van der Waals surface area contributed by atoms with E-state index in [0.717, 1.165) is 5.57 Å². The maximum atomic E-state index is 13.5. The molecule has 0 aromatic carbocycles. The summed E-state index contributed by atoms with van der Waals surface area (Å²) in [6, 6.07) is -0.670. The Morgan fingerprint density at radius 2 is 1.46 bits per heavy atom. The number of hydrogen-bond acceptors (Lipinski definition) is 14. The number of rotatable bonds is 9. The number of hydrogen-bond donors (Lipinski definition) is 4. The summed E-state index contributed by atoms with van der Waals surface area (Å²) in [7, 11) is 6.46. The number of likely N-dealkylation sites (N-methyl/N-ethyl adjacent to an activating group) is 1. The minimum absolute atomic E-state index is 0.0439. The number of esters is 1. The number of aliphatic hydroxyl groups is 4. The van der Waals surface area contributed by atoms with Gasteiger partial charge in [0.15, 0.2) is 18.4 Å². The van der Waals surface area contributed by atoms with Crippen molar-refractivity contribution in [3.63, 3.8) is 0 Å². The maximum absolute atomic E-state index is 13.5. The van der Waals surface area contributed by atoms with E-state index >= 15 is 0 Å². The molecule has 3 aliphatic heterocycles. The number of methoxy groups -OCH3 is 2. The van der Waals surface area contributed by atoms with E-state index in [1.807, 2.05) is 33.8 Å². The summed E-state index contributed by atoms with van der Waals surface area (Å²) in [6.45, 7) is 12.7. The van der Waals surface area contributed by atoms with Crippen LogP contribution in [0.4, 0.5) is 0 Å². The highest BCUT2D eigenvalue weighted by molar-refractivity contribution is 5.91. The smallest absolute Gasteiger partial charge is 0.308 e. The highest BCUT2D eigenvalue weighted by atomic mass is 16.7. The fourth-order valence-electron chi connectivity index (χ4n) is 7.62. The molecular formula is C38H65NO13. The summed E-state index contributed by atoms with van der Waals surface area (Å²) < 4.78 is 41.7. The molecule has 3 heterocycles. The number of ketones is 1. The van der Waals surface area contributed by atoms with Crippen molar-refractivity contribution in [2.45, 2.75) is 147 Å². The number of allylic oxidation sites excluding steroid dienone is 3. The topological polar surface area (TPSA) is 183 Å². The number of carbonyl (C=O) groups is 2. The lowest BCUT2D eigenvalue weighted by Gasteiger charge is -2.46. The Labute approximate surface area is 309 Å². The van der Waals surface area contributed by atoms with Crippen LogP contribution in [-0.4, -0.2) is 152 Å². The van der Waals surface area contributed by atoms with Gasteiger partial charge in [0, 0.05) is 32.0 Å². The van der Waals surface area contributed by atoms with Crippen LogP contribution in [0.15, 0.2) is 23.8 Å². The van der Waals surface area contributed by atoms with Gasteiger partial charge in [0.1, 0.15) is 30.5 Å². The van der Waals surface area contributed by atoms with Crippen molar-refractivity contribution in [3.05, 3.63) is 23.8 Å². The Balaban J connectivity index is 1.90. The minimum Gasteiger partial charge on any atom is -0.462 e. The van der Waals surface area contributed by atoms with Gasteiger partial charge >= 0.3 is 5.97 Å². The molecule has 0 bridgehead atoms. The monoisotopic (exact) mass is 743 g/mol. The highest BCUT2D eigenvalue weighted by Crippen LogP contribution is 2.33. The minimum atomic E-state index is -1.21. The number of aliphatic hydroxyl groups excluding tert-OH is 4. The summed E-state index contributed by atoms with van der Waals surface area (Å²) >= 11 is 0. The van der Waals surface area contributed by atoms with Crippen LogP contribution in [0.3, 0.4) is 0 Å². The van der Waals surface area contributed by atoms with E-state index in [2.05, 4.69) is 0 Å². The molecule has 2 fully saturated rings. The van der Waals surface area contributed by atoms with Crippen molar-refractivity contribution in [1.29, 1.82) is 0 Å². The molecular weight excluding hydrogens is 678 g/mol. The SMILES string of the molecule is CC[C@H]1OC(=O)C[C@@H](O)[C@H](C)[C@@H](O[C@@H]2O[C@H](C)[C@@H](O)[C@H](N(C)C)[C@H]2O)[C@@H](C)C[C@@H](C)C(=O)/C=C/C(C)=C/[C@@H]1CO[C@@H]1O[C@H](C)[C@@H](O)[C@@H](OC)[C@H]1OC. The van der Waals surface area contributed by atoms with E-state index in [1.165, 1.54) is 20.3 Å². The Morgan fingerprint density at radius 1 is 0.846 bits per heavy atom. The molecule has 0 spiro atoms. The standard InChI is InChI=1S/C38H65NO13/c1-12-28-25(18-48-38-36(47-11)35(46-10)32(44)24(7)50-38)15-19(2)13-14-26(40)20(3)16-21(4)34(22(5)27(41)17-29(42)51-28)52-37-33(45)30(39(8)9)31(43)23(6)49-37/h13-15,20-25,27-28,30-38,41,43-45H,12,16-18H2,1-11H3/b14-13+,19-15+/t20-,21+,22+,23-,24-,25-,27-,28-,30+,31-,32-,33-,34+,35-,36-,37+,38-/m1/s1. The first-order chi connectivity index (χ1) is 24.4. The van der Waals surface area contributed by atoms with Gasteiger partial charge in [-0.2, -0.15) is 0 Å². The predicted molar refractivity (Wildman–Crippen MR) is 191 cm³/mol. The predicted octanol–water partition coefficient (Wildman–Crippen LogP) is 1.99. The summed E-state index contributed by atoms with van der Waals surface area (Å²) in [5.41, 5.74) is 0.750. The van der Waals surface area contributed by atoms with Crippen LogP contribution in [0.2, 0.25) is 0 Å². The van der Waals surface area contributed by atoms with Gasteiger partial charge in [-0.3, -0.25) is 9.59 Å². The molecule has 0 saturated carbocycles. The number of nitrogens with zero attached hydrogens (tertiary/aromatic N) is 1. The van der Waals surface area contributed by atoms with Gasteiger partial charge in [-0.25, -0.2) is 0 Å². The lowest BCUT2D eigenvalue weighted by atomic mass is 9.82. The second-order valence-electron chi connectivity index (χ2n) is 15.2. The van der Waals surface area contributed by atoms with Gasteiger partial charge in [0.25, 0.3) is 0 Å². The van der Waals surface area contributed by atoms with Gasteiger partial charge in [-0.05, 0) is 59.7 Å². The summed E-state index contributed by atoms with van der Waals surface area (Å²) in [4.78, 5) is 28.6. The zero-order valence-corrected chi connectivity index (χ0v) is 32.8. The molecule has 0 aliphatic carbocycles. The average Bonchev–Trinajstić information content (AvgIpc) is 3.09. The lowest BCUT2D eigenvalue weighted by Crippen LogP contribution is -2.63. The fraction of sp³-hybridized carbons (Fsp3) is 0.842. The maximum Gasteiger partial charge on any atom is 0.308 e. The van der Waals surface area contributed by atoms with E-state index in [9.17, 15) is 30.0 Å². The lowest BCUT2D eigenvalue weighted by molar-refractivity contribution is -0.304. The second kappa shape index (κ2) is 20.2. The molecule has 52 heavy (non-hydrogen) atoms. The number of carbonyl (C=O) groups excluding carboxylic acids is 2. The van der Waals surface area contributed by atoms with Crippen LogP contribution in [0.25, 0.3) is 0 Å². The zero-order valence-electron chi connectivity index (χ0n) is 32.8. The van der Waals surface area contributed by atoms with Crippen molar-refractivity contribution >= 4 is 11.8 Å². The van der Waals surface area contributed by atoms with Crippen LogP contribution in [-0.2, 0) is 42.7 Å². The zero-order chi connectivity index (χ0) is 39.0. The summed E-state index contributed by atoms with van der Waals surface area (Å²) in [5.74, 6) is -2.56. The van der Waals surface area contributed by atoms with Crippen molar-refractivity contribution < 1.29 is 63.2 Å². The molecule has 0 aromatic heterocycles. The fourth-order valence-corrected chi connectivity index (χ4v) is 7.62. The Hall–Kier alpha value is -1.82. The Kier molecular flexibility index (Phi) is 17.3. The van der Waals surface area contributed by atoms with Gasteiger partial charge in [-0.1, -0.05) is 45.4 Å². The van der Waals surface area contributed by atoms with Crippen molar-refractivity contribution in [2.24, 2.45) is 23.7 Å². The van der Waals surface area contributed by atoms with E-state index in [0.29, 0.717) is 12.8 Å². The van der Waals surface area contributed by atoms with E-state index in [-0.39, 0.29) is 24.7 Å². The van der Waals surface area contributed by atoms with E-state index in [4.69, 9.17) is 33.2 Å². The van der Waals surface area contributed by atoms with Gasteiger partial charge in [0.05, 0.1) is 49.6 Å². The van der Waals surface area contributed by atoms with Gasteiger partial charge < -0.3 is 58.5 Å². The third-order valence-electron chi connectivity index (χ3n) is 10.9. The number of ether oxygens (including phenoxy) is 7. The largest absolute Gasteiger partial charge is 0.462 e. The van der Waals surface area contributed by atoms with Crippen molar-refractivity contribution in [3.8, 4) is 0 Å². The van der Waals surface area contributed by atoms with E-state index in [1.54, 1.807) is 45.8 Å². The van der Waals surface area contributed by atoms with E-state index < -0.39 is 103 Å². The molecule has 0 unspecified atom stereocenters. The normalized spacial score (nSPS) is 44.9. The highest BCUT2D eigenvalue weighted by Gasteiger charge is 2.47. The molecule has 17 atom stereocenters. The first kappa shape index (κ1) is 44.6. The summed E-state index contributed by atoms with van der Waals surface area (Å²) in [6.07, 6.45) is -4.78. The Morgan fingerprint density at radius 3 is 2.06 bits per heavy atom. The first-order valence-corrected chi connectivity index (χ1v) is 18.6. The molecule has 4 N–H and O–H groups in total. The van der Waals surface area contributed by atoms with Crippen LogP contribution in [0.1, 0.15) is 67.7 Å². The molecule has 2 saturated heterocycles. The summed E-state index contributed by atoms with van der Waals surface area (Å²) in [5, 5.41) is 44.0. The third kappa shape index (κ3) is 11.1. The van der Waals surface area contributed by atoms with Crippen LogP contribution < -0.4 is 0 Å². The van der Waals surface area contributed by atoms with Crippen molar-refractivity contribution in [1.82, 2.24) is 4.90 Å². The average molecular weight is 744 g/mol. The molecule has 0 aromatic rings. The number of cyclic esters (lactones) is 1. The molecule has 0 radical (unpaired) electrons. The van der Waals surface area contributed by atoms with Crippen molar-refractivity contribution in [2.75, 3.05) is 34.9 Å². The third-order valence-corrected chi connectivity index (χ3v) is 10.9. The van der Waals surface area contributed by atoms with Crippen LogP contribution >= 0.6 is 0 Å². The van der Waals surface area contributed by atoms with Gasteiger partial charge in [-0.15, -0.1) is 0 Å². The molecule has 14 heteroatoms. The molecule has 300 valence electrons. The van der Waals surface area contributed by atoms with Crippen LogP contribution in [0.5, 0.6) is 0 Å².